The zero-order valence-electron chi connectivity index (χ0n) is 15.2. The summed E-state index contributed by atoms with van der Waals surface area (Å²) in [5.41, 5.74) is 2.24. The number of rotatable bonds is 7. The van der Waals surface area contributed by atoms with Gasteiger partial charge in [-0.25, -0.2) is 0 Å². The van der Waals surface area contributed by atoms with E-state index >= 15 is 0 Å². The lowest BCUT2D eigenvalue weighted by Crippen LogP contribution is -2.50. The molecule has 132 valence electrons. The van der Waals surface area contributed by atoms with Crippen LogP contribution in [0.5, 0.6) is 0 Å². The number of hydrogen-bond acceptors (Lipinski definition) is 3. The summed E-state index contributed by atoms with van der Waals surface area (Å²) in [5.74, 6) is 0.565. The molecule has 0 spiro atoms. The van der Waals surface area contributed by atoms with E-state index in [1.807, 2.05) is 30.5 Å². The Labute approximate surface area is 150 Å². The Bertz CT molecular complexity index is 700. The maximum absolute atomic E-state index is 12.4. The molecule has 4 heteroatoms. The molecule has 1 aliphatic rings. The molecule has 0 radical (unpaired) electrons. The van der Waals surface area contributed by atoms with E-state index in [2.05, 4.69) is 54.6 Å². The third-order valence-electron chi connectivity index (χ3n) is 4.85. The molecule has 1 saturated carbocycles. The maximum atomic E-state index is 12.4. The van der Waals surface area contributed by atoms with Gasteiger partial charge >= 0.3 is 0 Å². The van der Waals surface area contributed by atoms with Crippen molar-refractivity contribution < 1.29 is 4.79 Å². The lowest BCUT2D eigenvalue weighted by Gasteiger charge is -2.31. The second-order valence-electron chi connectivity index (χ2n) is 7.61. The first-order valence-electron chi connectivity index (χ1n) is 8.96. The molecule has 1 fully saturated rings. The van der Waals surface area contributed by atoms with Crippen molar-refractivity contribution in [1.82, 2.24) is 15.6 Å². The Morgan fingerprint density at radius 3 is 2.68 bits per heavy atom. The van der Waals surface area contributed by atoms with Gasteiger partial charge in [0.1, 0.15) is 0 Å². The molecule has 0 bridgehead atoms. The summed E-state index contributed by atoms with van der Waals surface area (Å²) < 4.78 is 0. The summed E-state index contributed by atoms with van der Waals surface area (Å²) in [6.07, 6.45) is 4.56. The Morgan fingerprint density at radius 2 is 2.00 bits per heavy atom. The van der Waals surface area contributed by atoms with E-state index in [4.69, 9.17) is 0 Å². The molecule has 1 aromatic heterocycles. The summed E-state index contributed by atoms with van der Waals surface area (Å²) in [7, 11) is 0. The first kappa shape index (κ1) is 17.6. The van der Waals surface area contributed by atoms with Crippen LogP contribution in [0.1, 0.15) is 50.3 Å². The zero-order valence-corrected chi connectivity index (χ0v) is 15.2. The third kappa shape index (κ3) is 4.67. The van der Waals surface area contributed by atoms with E-state index in [0.29, 0.717) is 12.5 Å². The molecule has 1 heterocycles. The van der Waals surface area contributed by atoms with Gasteiger partial charge in [0.2, 0.25) is 5.91 Å². The minimum atomic E-state index is -0.177. The van der Waals surface area contributed by atoms with Crippen LogP contribution < -0.4 is 10.6 Å². The Morgan fingerprint density at radius 1 is 1.24 bits per heavy atom. The van der Waals surface area contributed by atoms with Gasteiger partial charge < -0.3 is 10.6 Å². The van der Waals surface area contributed by atoms with Crippen LogP contribution in [0.3, 0.4) is 0 Å². The van der Waals surface area contributed by atoms with Crippen LogP contribution in [-0.4, -0.2) is 23.0 Å². The van der Waals surface area contributed by atoms with Gasteiger partial charge in [-0.05, 0) is 50.3 Å². The number of amides is 1. The van der Waals surface area contributed by atoms with Crippen LogP contribution in [0.15, 0.2) is 54.9 Å². The van der Waals surface area contributed by atoms with Crippen LogP contribution >= 0.6 is 0 Å². The predicted octanol–water partition coefficient (Wildman–Crippen LogP) is 3.43. The van der Waals surface area contributed by atoms with Gasteiger partial charge in [-0.3, -0.25) is 9.78 Å². The first-order valence-corrected chi connectivity index (χ1v) is 8.96. The largest absolute Gasteiger partial charge is 0.354 e. The third-order valence-corrected chi connectivity index (χ3v) is 4.85. The van der Waals surface area contributed by atoms with Crippen molar-refractivity contribution in [3.63, 3.8) is 0 Å². The fourth-order valence-corrected chi connectivity index (χ4v) is 3.35. The lowest BCUT2D eigenvalue weighted by molar-refractivity contribution is -0.122. The molecule has 0 aliphatic heterocycles. The van der Waals surface area contributed by atoms with Crippen LogP contribution in [-0.2, 0) is 4.79 Å². The topological polar surface area (TPSA) is 54.0 Å². The van der Waals surface area contributed by atoms with Crippen LogP contribution in [0.25, 0.3) is 0 Å². The van der Waals surface area contributed by atoms with E-state index in [-0.39, 0.29) is 23.4 Å². The highest BCUT2D eigenvalue weighted by molar-refractivity contribution is 5.82. The van der Waals surface area contributed by atoms with Crippen LogP contribution in [0, 0.1) is 5.92 Å². The SMILES string of the molecule is CC(NC(C)(C)CNC(=O)C1CC1c1cccnc1)c1ccccc1. The normalized spacial score (nSPS) is 20.8. The summed E-state index contributed by atoms with van der Waals surface area (Å²) in [6.45, 7) is 7.01. The van der Waals surface area contributed by atoms with E-state index in [0.717, 1.165) is 12.0 Å². The highest BCUT2D eigenvalue weighted by Gasteiger charge is 2.44. The smallest absolute Gasteiger partial charge is 0.223 e. The quantitative estimate of drug-likeness (QED) is 0.814. The second-order valence-corrected chi connectivity index (χ2v) is 7.61. The Hall–Kier alpha value is -2.20. The van der Waals surface area contributed by atoms with Gasteiger partial charge in [0.15, 0.2) is 0 Å². The fourth-order valence-electron chi connectivity index (χ4n) is 3.35. The van der Waals surface area contributed by atoms with Gasteiger partial charge in [-0.1, -0.05) is 36.4 Å². The Kier molecular flexibility index (Phi) is 5.19. The van der Waals surface area contributed by atoms with Crippen molar-refractivity contribution in [2.45, 2.75) is 44.7 Å². The lowest BCUT2D eigenvalue weighted by atomic mass is 10.0. The number of aromatic nitrogens is 1. The molecule has 1 aromatic carbocycles. The van der Waals surface area contributed by atoms with Gasteiger partial charge in [-0.2, -0.15) is 0 Å². The van der Waals surface area contributed by atoms with Crippen molar-refractivity contribution in [2.75, 3.05) is 6.54 Å². The standard InChI is InChI=1S/C21H27N3O/c1-15(16-8-5-4-6-9-16)24-21(2,3)14-23-20(25)19-12-18(19)17-10-7-11-22-13-17/h4-11,13,15,18-19,24H,12,14H2,1-3H3,(H,23,25). The zero-order chi connectivity index (χ0) is 17.9. The van der Waals surface area contributed by atoms with Gasteiger partial charge in [0.05, 0.1) is 0 Å². The van der Waals surface area contributed by atoms with Gasteiger partial charge in [0, 0.05) is 36.4 Å². The fraction of sp³-hybridized carbons (Fsp3) is 0.429. The average Bonchev–Trinajstić information content (AvgIpc) is 3.42. The molecule has 1 amide bonds. The first-order chi connectivity index (χ1) is 12.0. The van der Waals surface area contributed by atoms with E-state index < -0.39 is 0 Å². The molecule has 3 rings (SSSR count). The maximum Gasteiger partial charge on any atom is 0.223 e. The monoisotopic (exact) mass is 337 g/mol. The summed E-state index contributed by atoms with van der Waals surface area (Å²) in [6, 6.07) is 14.6. The number of pyridine rings is 1. The van der Waals surface area contributed by atoms with Crippen LogP contribution in [0.4, 0.5) is 0 Å². The number of nitrogens with zero attached hydrogens (tertiary/aromatic N) is 1. The molecular weight excluding hydrogens is 310 g/mol. The average molecular weight is 337 g/mol. The van der Waals surface area contributed by atoms with Crippen molar-refractivity contribution >= 4 is 5.91 Å². The molecule has 2 aromatic rings. The van der Waals surface area contributed by atoms with Crippen molar-refractivity contribution in [1.29, 1.82) is 0 Å². The number of nitrogens with one attached hydrogen (secondary N) is 2. The van der Waals surface area contributed by atoms with Gasteiger partial charge in [0.25, 0.3) is 0 Å². The summed E-state index contributed by atoms with van der Waals surface area (Å²) in [4.78, 5) is 16.6. The minimum Gasteiger partial charge on any atom is -0.354 e. The molecule has 2 N–H and O–H groups in total. The molecule has 4 nitrogen and oxygen atoms in total. The molecule has 25 heavy (non-hydrogen) atoms. The number of benzene rings is 1. The summed E-state index contributed by atoms with van der Waals surface area (Å²) >= 11 is 0. The molecule has 3 unspecified atom stereocenters. The van der Waals surface area contributed by atoms with E-state index in [1.54, 1.807) is 6.20 Å². The van der Waals surface area contributed by atoms with Crippen molar-refractivity contribution in [3.05, 3.63) is 66.0 Å². The highest BCUT2D eigenvalue weighted by Crippen LogP contribution is 2.47. The van der Waals surface area contributed by atoms with Crippen molar-refractivity contribution in [2.24, 2.45) is 5.92 Å². The summed E-state index contributed by atoms with van der Waals surface area (Å²) in [5, 5.41) is 6.72. The van der Waals surface area contributed by atoms with Crippen LogP contribution in [0.2, 0.25) is 0 Å². The number of carbonyl (C=O) groups is 1. The second kappa shape index (κ2) is 7.36. The highest BCUT2D eigenvalue weighted by atomic mass is 16.2. The number of hydrogen-bond donors (Lipinski definition) is 2. The van der Waals surface area contributed by atoms with Gasteiger partial charge in [-0.15, -0.1) is 0 Å². The number of carbonyl (C=O) groups excluding carboxylic acids is 1. The molecule has 1 aliphatic carbocycles. The molecule has 0 saturated heterocycles. The van der Waals surface area contributed by atoms with Crippen molar-refractivity contribution in [3.8, 4) is 0 Å². The molecular formula is C21H27N3O. The van der Waals surface area contributed by atoms with E-state index in [9.17, 15) is 4.79 Å². The predicted molar refractivity (Wildman–Crippen MR) is 100 cm³/mol. The van der Waals surface area contributed by atoms with E-state index in [1.165, 1.54) is 5.56 Å². The minimum absolute atomic E-state index is 0.0894. The Balaban J connectivity index is 1.48. The molecule has 3 atom stereocenters.